The lowest BCUT2D eigenvalue weighted by atomic mass is 10.1. The first kappa shape index (κ1) is 19.9. The summed E-state index contributed by atoms with van der Waals surface area (Å²) in [6.45, 7) is 5.74. The van der Waals surface area contributed by atoms with Crippen molar-refractivity contribution in [3.05, 3.63) is 82.5 Å². The smallest absolute Gasteiger partial charge is 0.251 e. The molecule has 1 aliphatic rings. The maximum absolute atomic E-state index is 12.8. The topological polar surface area (TPSA) is 52.3 Å². The van der Waals surface area contributed by atoms with Crippen molar-refractivity contribution in [2.24, 2.45) is 0 Å². The molecule has 1 saturated heterocycles. The van der Waals surface area contributed by atoms with Crippen LogP contribution in [0.15, 0.2) is 65.8 Å². The number of benzene rings is 1. The predicted molar refractivity (Wildman–Crippen MR) is 127 cm³/mol. The number of aryl methyl sites for hydroxylation is 1. The molecular formula is C24H24N4O2S. The van der Waals surface area contributed by atoms with E-state index in [4.69, 9.17) is 4.74 Å². The summed E-state index contributed by atoms with van der Waals surface area (Å²) in [5.74, 6) is 0. The van der Waals surface area contributed by atoms with Crippen molar-refractivity contribution in [2.45, 2.75) is 13.5 Å². The first-order valence-corrected chi connectivity index (χ1v) is 10.8. The minimum Gasteiger partial charge on any atom is -0.378 e. The molecule has 1 aliphatic heterocycles. The van der Waals surface area contributed by atoms with E-state index < -0.39 is 0 Å². The Hall–Kier alpha value is -3.03. The fourth-order valence-electron chi connectivity index (χ4n) is 4.00. The zero-order chi connectivity index (χ0) is 21.4. The zero-order valence-corrected chi connectivity index (χ0v) is 18.3. The Morgan fingerprint density at radius 1 is 1.10 bits per heavy atom. The van der Waals surface area contributed by atoms with E-state index in [1.165, 1.54) is 5.56 Å². The molecule has 0 radical (unpaired) electrons. The molecule has 4 aromatic rings. The number of anilines is 1. The predicted octanol–water partition coefficient (Wildman–Crippen LogP) is 3.75. The molecule has 7 heteroatoms. The zero-order valence-electron chi connectivity index (χ0n) is 17.4. The van der Waals surface area contributed by atoms with Crippen LogP contribution in [0, 0.1) is 6.92 Å². The van der Waals surface area contributed by atoms with Gasteiger partial charge in [-0.1, -0.05) is 42.6 Å². The van der Waals surface area contributed by atoms with Crippen molar-refractivity contribution in [2.75, 3.05) is 31.2 Å². The SMILES string of the molecule is Cc1ccc(Cn2ccc(-c3cn(S)c4ncc(N5CCOCC5)cc34)cc2=O)cc1. The second-order valence-corrected chi connectivity index (χ2v) is 8.35. The van der Waals surface area contributed by atoms with Gasteiger partial charge in [0, 0.05) is 42.5 Å². The number of nitrogens with zero attached hydrogens (tertiary/aromatic N) is 4. The lowest BCUT2D eigenvalue weighted by molar-refractivity contribution is 0.122. The molecule has 1 fully saturated rings. The molecule has 0 N–H and O–H groups in total. The van der Waals surface area contributed by atoms with E-state index in [0.29, 0.717) is 6.54 Å². The molecule has 0 spiro atoms. The van der Waals surface area contributed by atoms with Crippen molar-refractivity contribution in [3.8, 4) is 11.1 Å². The summed E-state index contributed by atoms with van der Waals surface area (Å²) in [5, 5.41) is 0.981. The van der Waals surface area contributed by atoms with E-state index in [1.54, 1.807) is 14.6 Å². The number of aromatic nitrogens is 3. The molecule has 3 aromatic heterocycles. The maximum Gasteiger partial charge on any atom is 0.251 e. The summed E-state index contributed by atoms with van der Waals surface area (Å²) in [7, 11) is 0. The van der Waals surface area contributed by atoms with E-state index in [9.17, 15) is 4.79 Å². The lowest BCUT2D eigenvalue weighted by Gasteiger charge is -2.28. The molecule has 0 aliphatic carbocycles. The summed E-state index contributed by atoms with van der Waals surface area (Å²) >= 11 is 4.54. The number of morpholine rings is 1. The van der Waals surface area contributed by atoms with Gasteiger partial charge in [-0.05, 0) is 30.2 Å². The van der Waals surface area contributed by atoms with Crippen molar-refractivity contribution in [1.29, 1.82) is 0 Å². The fraction of sp³-hybridized carbons (Fsp3) is 0.250. The molecule has 31 heavy (non-hydrogen) atoms. The summed E-state index contributed by atoms with van der Waals surface area (Å²) in [6.07, 6.45) is 5.66. The van der Waals surface area contributed by atoms with Crippen LogP contribution in [0.2, 0.25) is 0 Å². The highest BCUT2D eigenvalue weighted by atomic mass is 32.1. The van der Waals surface area contributed by atoms with Gasteiger partial charge in [-0.15, -0.1) is 0 Å². The number of thiol groups is 1. The fourth-order valence-corrected chi connectivity index (χ4v) is 4.28. The number of hydrogen-bond acceptors (Lipinski definition) is 5. The third-order valence-corrected chi connectivity index (χ3v) is 6.07. The summed E-state index contributed by atoms with van der Waals surface area (Å²) in [5.41, 5.74) is 5.93. The van der Waals surface area contributed by atoms with Gasteiger partial charge in [-0.25, -0.2) is 4.98 Å². The number of rotatable bonds is 4. The van der Waals surface area contributed by atoms with Crippen LogP contribution < -0.4 is 10.5 Å². The van der Waals surface area contributed by atoms with Crippen LogP contribution in [-0.4, -0.2) is 39.8 Å². The van der Waals surface area contributed by atoms with Gasteiger partial charge in [0.2, 0.25) is 0 Å². The van der Waals surface area contributed by atoms with Gasteiger partial charge in [0.1, 0.15) is 0 Å². The van der Waals surface area contributed by atoms with E-state index >= 15 is 0 Å². The molecule has 0 atom stereocenters. The van der Waals surface area contributed by atoms with Gasteiger partial charge in [-0.3, -0.25) is 8.77 Å². The van der Waals surface area contributed by atoms with Crippen LogP contribution in [0.5, 0.6) is 0 Å². The number of fused-ring (bicyclic) bond motifs is 1. The summed E-state index contributed by atoms with van der Waals surface area (Å²) in [4.78, 5) is 19.7. The van der Waals surface area contributed by atoms with Crippen LogP contribution in [-0.2, 0) is 11.3 Å². The molecule has 4 heterocycles. The van der Waals surface area contributed by atoms with Crippen molar-refractivity contribution in [3.63, 3.8) is 0 Å². The number of hydrogen-bond donors (Lipinski definition) is 1. The average Bonchev–Trinajstić information content (AvgIpc) is 3.13. The van der Waals surface area contributed by atoms with Crippen molar-refractivity contribution >= 4 is 29.5 Å². The number of ether oxygens (including phenoxy) is 1. The van der Waals surface area contributed by atoms with Crippen molar-refractivity contribution in [1.82, 2.24) is 13.5 Å². The first-order chi connectivity index (χ1) is 15.1. The molecule has 0 bridgehead atoms. The second kappa shape index (κ2) is 8.24. The van der Waals surface area contributed by atoms with Gasteiger partial charge in [0.05, 0.1) is 31.6 Å². The highest BCUT2D eigenvalue weighted by molar-refractivity contribution is 7.78. The molecule has 1 aromatic carbocycles. The van der Waals surface area contributed by atoms with Crippen LogP contribution in [0.1, 0.15) is 11.1 Å². The standard InChI is InChI=1S/C24H24N4O2S/c1-17-2-4-18(5-3-17)15-27-7-6-19(12-23(27)29)22-16-28(31)24-21(22)13-20(14-25-24)26-8-10-30-11-9-26/h2-7,12-14,16,31H,8-11,15H2,1H3. The average molecular weight is 433 g/mol. The van der Waals surface area contributed by atoms with E-state index in [1.807, 2.05) is 24.7 Å². The first-order valence-electron chi connectivity index (χ1n) is 10.4. The third-order valence-electron chi connectivity index (χ3n) is 5.77. The summed E-state index contributed by atoms with van der Waals surface area (Å²) in [6, 6.07) is 14.1. The minimum absolute atomic E-state index is 0.0320. The number of pyridine rings is 2. The van der Waals surface area contributed by atoms with E-state index in [-0.39, 0.29) is 5.56 Å². The Labute approximate surface area is 186 Å². The van der Waals surface area contributed by atoms with Gasteiger partial charge >= 0.3 is 0 Å². The molecular weight excluding hydrogens is 408 g/mol. The van der Waals surface area contributed by atoms with Gasteiger partial charge in [0.15, 0.2) is 5.65 Å². The van der Waals surface area contributed by atoms with E-state index in [0.717, 1.165) is 59.7 Å². The highest BCUT2D eigenvalue weighted by Gasteiger charge is 2.16. The summed E-state index contributed by atoms with van der Waals surface area (Å²) < 4.78 is 8.90. The Morgan fingerprint density at radius 3 is 2.61 bits per heavy atom. The van der Waals surface area contributed by atoms with Crippen LogP contribution >= 0.6 is 12.8 Å². The minimum atomic E-state index is -0.0320. The molecule has 5 rings (SSSR count). The third kappa shape index (κ3) is 3.98. The van der Waals surface area contributed by atoms with Crippen LogP contribution in [0.4, 0.5) is 5.69 Å². The Kier molecular flexibility index (Phi) is 5.29. The Morgan fingerprint density at radius 2 is 1.87 bits per heavy atom. The largest absolute Gasteiger partial charge is 0.378 e. The molecule has 0 saturated carbocycles. The Bertz CT molecular complexity index is 1290. The quantitative estimate of drug-likeness (QED) is 0.499. The molecule has 0 unspecified atom stereocenters. The van der Waals surface area contributed by atoms with Gasteiger partial charge in [-0.2, -0.15) is 0 Å². The molecule has 158 valence electrons. The normalized spacial score (nSPS) is 14.3. The van der Waals surface area contributed by atoms with Gasteiger partial charge < -0.3 is 14.2 Å². The van der Waals surface area contributed by atoms with Crippen LogP contribution in [0.25, 0.3) is 22.2 Å². The monoisotopic (exact) mass is 432 g/mol. The second-order valence-electron chi connectivity index (χ2n) is 7.92. The van der Waals surface area contributed by atoms with Gasteiger partial charge in [0.25, 0.3) is 5.56 Å². The van der Waals surface area contributed by atoms with Crippen LogP contribution in [0.3, 0.4) is 0 Å². The van der Waals surface area contributed by atoms with Crippen molar-refractivity contribution < 1.29 is 4.74 Å². The van der Waals surface area contributed by atoms with E-state index in [2.05, 4.69) is 60.0 Å². The lowest BCUT2D eigenvalue weighted by Crippen LogP contribution is -2.36. The Balaban J connectivity index is 1.50. The molecule has 0 amide bonds. The molecule has 6 nitrogen and oxygen atoms in total. The highest BCUT2D eigenvalue weighted by Crippen LogP contribution is 2.32. The maximum atomic E-state index is 12.8.